The summed E-state index contributed by atoms with van der Waals surface area (Å²) in [6.07, 6.45) is 1.43. The van der Waals surface area contributed by atoms with Crippen LogP contribution in [0.25, 0.3) is 0 Å². The highest BCUT2D eigenvalue weighted by Crippen LogP contribution is 2.26. The molecule has 0 fully saturated rings. The Labute approximate surface area is 144 Å². The number of carbonyl (C=O) groups excluding carboxylic acids is 1. The first-order valence-electron chi connectivity index (χ1n) is 7.38. The number of hydrogen-bond donors (Lipinski definition) is 2. The van der Waals surface area contributed by atoms with Crippen LogP contribution in [-0.2, 0) is 19.4 Å². The van der Waals surface area contributed by atoms with Crippen LogP contribution in [0.5, 0.6) is 0 Å². The zero-order valence-electron chi connectivity index (χ0n) is 13.0. The van der Waals surface area contributed by atoms with Gasteiger partial charge in [-0.1, -0.05) is 13.0 Å². The Morgan fingerprint density at radius 3 is 2.96 bits per heavy atom. The van der Waals surface area contributed by atoms with Gasteiger partial charge in [0.2, 0.25) is 0 Å². The number of nitrogens with one attached hydrogen (secondary N) is 2. The van der Waals surface area contributed by atoms with Gasteiger partial charge in [0.15, 0.2) is 0 Å². The molecule has 0 saturated heterocycles. The quantitative estimate of drug-likeness (QED) is 0.886. The molecule has 1 aliphatic rings. The molecule has 23 heavy (non-hydrogen) atoms. The second-order valence-corrected chi connectivity index (χ2v) is 6.40. The smallest absolute Gasteiger partial charge is 0.267 e. The highest BCUT2D eigenvalue weighted by atomic mass is 35.5. The standard InChI is InChI=1S/C16H18FN3OS.ClH/c1-3-13-19-9(2)15(22-13)16(21)20-12-5-4-10-8-18-7-6-11(10)14(12)17;/h4-5,18H,3,6-8H2,1-2H3,(H,20,21);1H. The number of benzene rings is 1. The molecule has 0 unspecified atom stereocenters. The number of carbonyl (C=O) groups is 1. The van der Waals surface area contributed by atoms with Crippen molar-refractivity contribution in [1.82, 2.24) is 10.3 Å². The largest absolute Gasteiger partial charge is 0.319 e. The first-order valence-corrected chi connectivity index (χ1v) is 8.20. The van der Waals surface area contributed by atoms with Crippen molar-refractivity contribution in [3.8, 4) is 0 Å². The van der Waals surface area contributed by atoms with Gasteiger partial charge in [-0.3, -0.25) is 4.79 Å². The molecule has 1 aliphatic heterocycles. The van der Waals surface area contributed by atoms with Gasteiger partial charge in [-0.25, -0.2) is 9.37 Å². The Bertz CT molecular complexity index is 732. The molecule has 0 saturated carbocycles. The second-order valence-electron chi connectivity index (χ2n) is 5.32. The summed E-state index contributed by atoms with van der Waals surface area (Å²) in [6.45, 7) is 5.24. The highest BCUT2D eigenvalue weighted by Gasteiger charge is 2.20. The van der Waals surface area contributed by atoms with Crippen LogP contribution >= 0.6 is 23.7 Å². The minimum absolute atomic E-state index is 0. The average molecular weight is 356 g/mol. The zero-order valence-corrected chi connectivity index (χ0v) is 14.7. The summed E-state index contributed by atoms with van der Waals surface area (Å²) < 4.78 is 14.5. The normalized spacial score (nSPS) is 13.2. The van der Waals surface area contributed by atoms with Crippen molar-refractivity contribution in [2.45, 2.75) is 33.2 Å². The van der Waals surface area contributed by atoms with Gasteiger partial charge in [0.05, 0.1) is 16.4 Å². The monoisotopic (exact) mass is 355 g/mol. The Morgan fingerprint density at radius 1 is 1.48 bits per heavy atom. The average Bonchev–Trinajstić information content (AvgIpc) is 2.91. The molecule has 1 aromatic heterocycles. The Balaban J connectivity index is 0.00000192. The van der Waals surface area contributed by atoms with Crippen LogP contribution in [0.4, 0.5) is 10.1 Å². The fraction of sp³-hybridized carbons (Fsp3) is 0.375. The fourth-order valence-electron chi connectivity index (χ4n) is 2.62. The van der Waals surface area contributed by atoms with Crippen LogP contribution in [0.15, 0.2) is 12.1 Å². The van der Waals surface area contributed by atoms with Crippen molar-refractivity contribution in [3.63, 3.8) is 0 Å². The molecule has 0 radical (unpaired) electrons. The van der Waals surface area contributed by atoms with Gasteiger partial charge in [0.25, 0.3) is 5.91 Å². The summed E-state index contributed by atoms with van der Waals surface area (Å²) in [6, 6.07) is 3.51. The molecule has 1 aromatic carbocycles. The Morgan fingerprint density at radius 2 is 2.26 bits per heavy atom. The van der Waals surface area contributed by atoms with Crippen molar-refractivity contribution >= 4 is 35.3 Å². The van der Waals surface area contributed by atoms with Crippen molar-refractivity contribution in [3.05, 3.63) is 44.7 Å². The molecule has 7 heteroatoms. The fourth-order valence-corrected chi connectivity index (χ4v) is 3.52. The third-order valence-electron chi connectivity index (χ3n) is 3.81. The summed E-state index contributed by atoms with van der Waals surface area (Å²) >= 11 is 1.37. The molecule has 124 valence electrons. The summed E-state index contributed by atoms with van der Waals surface area (Å²) in [7, 11) is 0. The highest BCUT2D eigenvalue weighted by molar-refractivity contribution is 7.13. The van der Waals surface area contributed by atoms with E-state index in [1.165, 1.54) is 11.3 Å². The molecule has 4 nitrogen and oxygen atoms in total. The van der Waals surface area contributed by atoms with Crippen molar-refractivity contribution in [2.24, 2.45) is 0 Å². The molecule has 0 atom stereocenters. The minimum Gasteiger partial charge on any atom is -0.319 e. The molecule has 2 heterocycles. The maximum Gasteiger partial charge on any atom is 0.267 e. The van der Waals surface area contributed by atoms with E-state index in [0.717, 1.165) is 23.5 Å². The van der Waals surface area contributed by atoms with Crippen LogP contribution in [0.1, 0.15) is 38.4 Å². The third kappa shape index (κ3) is 3.54. The molecule has 0 spiro atoms. The third-order valence-corrected chi connectivity index (χ3v) is 5.11. The maximum atomic E-state index is 14.5. The lowest BCUT2D eigenvalue weighted by atomic mass is 9.99. The van der Waals surface area contributed by atoms with Crippen molar-refractivity contribution in [2.75, 3.05) is 11.9 Å². The van der Waals surface area contributed by atoms with Gasteiger partial charge in [0, 0.05) is 6.54 Å². The molecule has 3 rings (SSSR count). The number of anilines is 1. The van der Waals surface area contributed by atoms with E-state index in [9.17, 15) is 9.18 Å². The van der Waals surface area contributed by atoms with Gasteiger partial charge in [-0.15, -0.1) is 23.7 Å². The van der Waals surface area contributed by atoms with E-state index >= 15 is 0 Å². The topological polar surface area (TPSA) is 54.0 Å². The minimum atomic E-state index is -0.315. The van der Waals surface area contributed by atoms with Crippen LogP contribution < -0.4 is 10.6 Å². The van der Waals surface area contributed by atoms with Gasteiger partial charge >= 0.3 is 0 Å². The van der Waals surface area contributed by atoms with Crippen molar-refractivity contribution < 1.29 is 9.18 Å². The number of amides is 1. The van der Waals surface area contributed by atoms with Crippen molar-refractivity contribution in [1.29, 1.82) is 0 Å². The van der Waals surface area contributed by atoms with Gasteiger partial charge in [-0.05, 0) is 43.5 Å². The lowest BCUT2D eigenvalue weighted by Gasteiger charge is -2.19. The van der Waals surface area contributed by atoms with E-state index < -0.39 is 0 Å². The molecular formula is C16H19ClFN3OS. The molecule has 1 amide bonds. The molecule has 0 bridgehead atoms. The zero-order chi connectivity index (χ0) is 15.7. The Kier molecular flexibility index (Phi) is 5.73. The second kappa shape index (κ2) is 7.38. The maximum absolute atomic E-state index is 14.5. The summed E-state index contributed by atoms with van der Waals surface area (Å²) in [4.78, 5) is 17.3. The van der Waals surface area contributed by atoms with E-state index in [-0.39, 0.29) is 29.8 Å². The van der Waals surface area contributed by atoms with Gasteiger partial charge in [0.1, 0.15) is 10.7 Å². The number of halogens is 2. The van der Waals surface area contributed by atoms with Gasteiger partial charge in [-0.2, -0.15) is 0 Å². The number of fused-ring (bicyclic) bond motifs is 1. The number of thiazole rings is 1. The van der Waals surface area contributed by atoms with E-state index in [0.29, 0.717) is 29.1 Å². The number of nitrogens with zero attached hydrogens (tertiary/aromatic N) is 1. The van der Waals surface area contributed by atoms with Crippen LogP contribution in [0.2, 0.25) is 0 Å². The summed E-state index contributed by atoms with van der Waals surface area (Å²) in [5.41, 5.74) is 2.61. The summed E-state index contributed by atoms with van der Waals surface area (Å²) in [5.74, 6) is -0.604. The predicted molar refractivity (Wildman–Crippen MR) is 93.2 cm³/mol. The van der Waals surface area contributed by atoms with E-state index in [1.54, 1.807) is 13.0 Å². The predicted octanol–water partition coefficient (Wildman–Crippen LogP) is 3.47. The van der Waals surface area contributed by atoms with Crippen LogP contribution in [0, 0.1) is 12.7 Å². The molecular weight excluding hydrogens is 337 g/mol. The van der Waals surface area contributed by atoms with E-state index in [2.05, 4.69) is 15.6 Å². The first-order chi connectivity index (χ1) is 10.6. The summed E-state index contributed by atoms with van der Waals surface area (Å²) in [5, 5.41) is 6.82. The number of aryl methyl sites for hydroxylation is 2. The lowest BCUT2D eigenvalue weighted by molar-refractivity contribution is 0.102. The van der Waals surface area contributed by atoms with E-state index in [4.69, 9.17) is 0 Å². The lowest BCUT2D eigenvalue weighted by Crippen LogP contribution is -2.25. The number of hydrogen-bond acceptors (Lipinski definition) is 4. The van der Waals surface area contributed by atoms with E-state index in [1.807, 2.05) is 13.0 Å². The molecule has 2 N–H and O–H groups in total. The van der Waals surface area contributed by atoms with Crippen LogP contribution in [0.3, 0.4) is 0 Å². The molecule has 0 aliphatic carbocycles. The Hall–Kier alpha value is -1.50. The van der Waals surface area contributed by atoms with Gasteiger partial charge < -0.3 is 10.6 Å². The SMILES string of the molecule is CCc1nc(C)c(C(=O)Nc2ccc3c(c2F)CCNC3)s1.Cl. The van der Waals surface area contributed by atoms with Crippen LogP contribution in [-0.4, -0.2) is 17.4 Å². The number of aromatic nitrogens is 1. The number of rotatable bonds is 3. The molecule has 2 aromatic rings. The first kappa shape index (κ1) is 17.8.